The lowest BCUT2D eigenvalue weighted by molar-refractivity contribution is 1.18. The largest absolute Gasteiger partial charge is 0.310 e. The number of pyridine rings is 1. The van der Waals surface area contributed by atoms with E-state index in [1.165, 1.54) is 32.6 Å². The van der Waals surface area contributed by atoms with Crippen molar-refractivity contribution in [3.63, 3.8) is 0 Å². The molecule has 8 rings (SSSR count). The lowest BCUT2D eigenvalue weighted by atomic mass is 9.99. The van der Waals surface area contributed by atoms with E-state index in [1.54, 1.807) is 6.20 Å². The van der Waals surface area contributed by atoms with Gasteiger partial charge in [0.1, 0.15) is 0 Å². The van der Waals surface area contributed by atoms with E-state index >= 15 is 0 Å². The second-order valence-electron chi connectivity index (χ2n) is 10.4. The van der Waals surface area contributed by atoms with Gasteiger partial charge in [0.2, 0.25) is 0 Å². The third-order valence-electron chi connectivity index (χ3n) is 8.05. The Labute approximate surface area is 243 Å². The number of para-hydroxylation sites is 1. The number of hydrogen-bond acceptors (Lipinski definition) is 2. The minimum absolute atomic E-state index is 0.623. The number of rotatable bonds is 5. The Kier molecular flexibility index (Phi) is 5.48. The van der Waals surface area contributed by atoms with Crippen LogP contribution in [-0.4, -0.2) is 9.55 Å². The summed E-state index contributed by atoms with van der Waals surface area (Å²) in [5, 5.41) is 4.92. The summed E-state index contributed by atoms with van der Waals surface area (Å²) in [6.07, 6.45) is 3.68. The van der Waals surface area contributed by atoms with Crippen molar-refractivity contribution in [3.05, 3.63) is 157 Å². The first-order valence-electron chi connectivity index (χ1n) is 13.9. The van der Waals surface area contributed by atoms with Gasteiger partial charge in [-0.15, -0.1) is 0 Å². The van der Waals surface area contributed by atoms with E-state index in [1.807, 2.05) is 36.5 Å². The average Bonchev–Trinajstić information content (AvgIpc) is 3.41. The van der Waals surface area contributed by atoms with Crippen LogP contribution in [0.4, 0.5) is 22.7 Å². The highest BCUT2D eigenvalue weighted by molar-refractivity contribution is 6.26. The van der Waals surface area contributed by atoms with Crippen LogP contribution < -0.4 is 4.90 Å². The molecule has 6 aromatic carbocycles. The molecule has 8 aromatic rings. The number of aromatic nitrogens is 2. The Hall–Kier alpha value is -5.92. The van der Waals surface area contributed by atoms with Crippen LogP contribution in [-0.2, 0) is 0 Å². The van der Waals surface area contributed by atoms with Crippen molar-refractivity contribution in [1.29, 1.82) is 0 Å². The van der Waals surface area contributed by atoms with Crippen molar-refractivity contribution in [2.45, 2.75) is 0 Å². The molecular formula is C38H24N4. The van der Waals surface area contributed by atoms with Crippen molar-refractivity contribution in [2.24, 2.45) is 0 Å². The molecule has 0 aliphatic rings. The Bertz CT molecular complexity index is 2230. The molecule has 0 bridgehead atoms. The molecule has 0 saturated carbocycles. The minimum atomic E-state index is 0.623. The third-order valence-corrected chi connectivity index (χ3v) is 8.05. The predicted octanol–water partition coefficient (Wildman–Crippen LogP) is 10.5. The Morgan fingerprint density at radius 1 is 0.595 bits per heavy atom. The number of nitrogens with zero attached hydrogens (tertiary/aromatic N) is 4. The van der Waals surface area contributed by atoms with Gasteiger partial charge in [0, 0.05) is 45.6 Å². The summed E-state index contributed by atoms with van der Waals surface area (Å²) in [6, 6.07) is 46.6. The first kappa shape index (κ1) is 23.9. The van der Waals surface area contributed by atoms with Crippen molar-refractivity contribution < 1.29 is 0 Å². The number of hydrogen-bond donors (Lipinski definition) is 0. The van der Waals surface area contributed by atoms with Gasteiger partial charge in [0.15, 0.2) is 5.69 Å². The van der Waals surface area contributed by atoms with Gasteiger partial charge < -0.3 is 9.47 Å². The molecule has 0 radical (unpaired) electrons. The van der Waals surface area contributed by atoms with Gasteiger partial charge in [-0.1, -0.05) is 72.8 Å². The van der Waals surface area contributed by atoms with Crippen molar-refractivity contribution >= 4 is 55.3 Å². The Morgan fingerprint density at radius 2 is 1.36 bits per heavy atom. The third kappa shape index (κ3) is 3.72. The molecule has 4 nitrogen and oxygen atoms in total. The molecule has 0 N–H and O–H groups in total. The highest BCUT2D eigenvalue weighted by Crippen LogP contribution is 2.46. The second-order valence-corrected chi connectivity index (χ2v) is 10.4. The van der Waals surface area contributed by atoms with E-state index in [2.05, 4.69) is 122 Å². The van der Waals surface area contributed by atoms with Gasteiger partial charge >= 0.3 is 0 Å². The Balaban J connectivity index is 1.38. The van der Waals surface area contributed by atoms with Crippen LogP contribution in [0.15, 0.2) is 146 Å². The molecular weight excluding hydrogens is 512 g/mol. The fourth-order valence-electron chi connectivity index (χ4n) is 6.16. The van der Waals surface area contributed by atoms with Gasteiger partial charge in [0.05, 0.1) is 23.3 Å². The molecule has 0 fully saturated rings. The van der Waals surface area contributed by atoms with E-state index in [-0.39, 0.29) is 0 Å². The van der Waals surface area contributed by atoms with Crippen molar-refractivity contribution in [2.75, 3.05) is 4.90 Å². The molecule has 0 spiro atoms. The number of anilines is 3. The lowest BCUT2D eigenvalue weighted by Crippen LogP contribution is -2.10. The van der Waals surface area contributed by atoms with Gasteiger partial charge in [-0.3, -0.25) is 4.98 Å². The highest BCUT2D eigenvalue weighted by atomic mass is 15.1. The maximum atomic E-state index is 7.46. The molecule has 0 aliphatic carbocycles. The van der Waals surface area contributed by atoms with E-state index in [9.17, 15) is 0 Å². The SMILES string of the molecule is [C-]#[N+]c1ccc(N(c2ccc(-c3cccnc3)cc2)c2ccc3c4c2ccc2cccc(c24)n3-c2ccccc2)cc1. The molecule has 0 unspecified atom stereocenters. The van der Waals surface area contributed by atoms with E-state index < -0.39 is 0 Å². The van der Waals surface area contributed by atoms with Crippen LogP contribution in [0, 0.1) is 6.57 Å². The van der Waals surface area contributed by atoms with Crippen LogP contribution in [0.25, 0.3) is 54.2 Å². The summed E-state index contributed by atoms with van der Waals surface area (Å²) >= 11 is 0. The predicted molar refractivity (Wildman–Crippen MR) is 174 cm³/mol. The zero-order chi connectivity index (χ0) is 28.0. The fraction of sp³-hybridized carbons (Fsp3) is 0. The molecule has 196 valence electrons. The summed E-state index contributed by atoms with van der Waals surface area (Å²) in [7, 11) is 0. The van der Waals surface area contributed by atoms with Crippen LogP contribution in [0.2, 0.25) is 0 Å². The summed E-state index contributed by atoms with van der Waals surface area (Å²) in [6.45, 7) is 7.46. The van der Waals surface area contributed by atoms with E-state index in [0.717, 1.165) is 33.9 Å². The van der Waals surface area contributed by atoms with Crippen molar-refractivity contribution in [3.8, 4) is 16.8 Å². The van der Waals surface area contributed by atoms with E-state index in [0.29, 0.717) is 5.69 Å². The molecule has 4 heteroatoms. The topological polar surface area (TPSA) is 25.4 Å². The van der Waals surface area contributed by atoms with Crippen LogP contribution >= 0.6 is 0 Å². The molecule has 2 aromatic heterocycles. The molecule has 2 heterocycles. The first-order chi connectivity index (χ1) is 20.8. The molecule has 0 amide bonds. The highest BCUT2D eigenvalue weighted by Gasteiger charge is 2.22. The summed E-state index contributed by atoms with van der Waals surface area (Å²) < 4.78 is 2.37. The number of benzene rings is 6. The minimum Gasteiger partial charge on any atom is -0.310 e. The molecule has 0 aliphatic heterocycles. The summed E-state index contributed by atoms with van der Waals surface area (Å²) in [4.78, 5) is 10.2. The van der Waals surface area contributed by atoms with Gasteiger partial charge in [0.25, 0.3) is 0 Å². The second kappa shape index (κ2) is 9.62. The van der Waals surface area contributed by atoms with Crippen LogP contribution in [0.3, 0.4) is 0 Å². The zero-order valence-corrected chi connectivity index (χ0v) is 22.6. The lowest BCUT2D eigenvalue weighted by Gasteiger charge is -2.27. The van der Waals surface area contributed by atoms with Gasteiger partial charge in [-0.05, 0) is 77.2 Å². The van der Waals surface area contributed by atoms with E-state index in [4.69, 9.17) is 6.57 Å². The maximum absolute atomic E-state index is 7.46. The fourth-order valence-corrected chi connectivity index (χ4v) is 6.16. The van der Waals surface area contributed by atoms with Crippen LogP contribution in [0.5, 0.6) is 0 Å². The normalized spacial score (nSPS) is 11.3. The smallest absolute Gasteiger partial charge is 0.187 e. The molecule has 42 heavy (non-hydrogen) atoms. The van der Waals surface area contributed by atoms with Gasteiger partial charge in [-0.2, -0.15) is 0 Å². The summed E-state index contributed by atoms with van der Waals surface area (Å²) in [5.74, 6) is 0. The monoisotopic (exact) mass is 536 g/mol. The molecule has 0 atom stereocenters. The maximum Gasteiger partial charge on any atom is 0.187 e. The summed E-state index contributed by atoms with van der Waals surface area (Å²) in [5.41, 5.74) is 9.47. The quantitative estimate of drug-likeness (QED) is 0.161. The van der Waals surface area contributed by atoms with Gasteiger partial charge in [-0.25, -0.2) is 4.85 Å². The Morgan fingerprint density at radius 3 is 2.10 bits per heavy atom. The average molecular weight is 537 g/mol. The van der Waals surface area contributed by atoms with Crippen LogP contribution in [0.1, 0.15) is 0 Å². The first-order valence-corrected chi connectivity index (χ1v) is 13.9. The van der Waals surface area contributed by atoms with Crippen molar-refractivity contribution in [1.82, 2.24) is 9.55 Å². The standard InChI is InChI=1S/C38H24N4/c1-39-29-15-19-32(20-16-29)41(31-17-12-26(13-18-31)28-8-6-24-40-25-28)34-22-23-36-38-33(34)21-14-27-7-5-11-35(37(27)38)42(36)30-9-3-2-4-10-30/h2-25H. The zero-order valence-electron chi connectivity index (χ0n) is 22.6. The molecule has 0 saturated heterocycles.